The summed E-state index contributed by atoms with van der Waals surface area (Å²) in [6.45, 7) is 4.39. The molecule has 2 rings (SSSR count). The van der Waals surface area contributed by atoms with E-state index < -0.39 is 0 Å². The molecule has 2 atom stereocenters. The Kier molecular flexibility index (Phi) is 5.58. The van der Waals surface area contributed by atoms with Gasteiger partial charge in [-0.1, -0.05) is 68.7 Å². The van der Waals surface area contributed by atoms with Crippen molar-refractivity contribution < 1.29 is 4.79 Å². The quantitative estimate of drug-likeness (QED) is 0.643. The molecule has 0 fully saturated rings. The second kappa shape index (κ2) is 7.42. The number of carbonyl (C=O) groups is 1. The van der Waals surface area contributed by atoms with Crippen LogP contribution in [0.15, 0.2) is 42.0 Å². The minimum Gasteiger partial charge on any atom is -0.299 e. The zero-order chi connectivity index (χ0) is 14.4. The largest absolute Gasteiger partial charge is 0.299 e. The summed E-state index contributed by atoms with van der Waals surface area (Å²) in [5.41, 5.74) is 2.68. The summed E-state index contributed by atoms with van der Waals surface area (Å²) < 4.78 is 0. The first-order valence-electron chi connectivity index (χ1n) is 8.04. The van der Waals surface area contributed by atoms with Crippen LogP contribution in [0.2, 0.25) is 0 Å². The molecule has 108 valence electrons. The Bertz CT molecular complexity index is 458. The molecule has 0 amide bonds. The maximum absolute atomic E-state index is 12.5. The van der Waals surface area contributed by atoms with Crippen molar-refractivity contribution in [2.24, 2.45) is 5.92 Å². The van der Waals surface area contributed by atoms with Gasteiger partial charge < -0.3 is 0 Å². The van der Waals surface area contributed by atoms with Gasteiger partial charge >= 0.3 is 0 Å². The standard InChI is InChI=1S/C19H26O/c1-3-5-10-16-13-17(15-11-7-6-8-12-15)14-19(20)18(16)9-4-2/h6-8,11-13,17-18H,3-5,9-10,14H2,1-2H3. The van der Waals surface area contributed by atoms with Gasteiger partial charge in [-0.25, -0.2) is 0 Å². The molecule has 1 nitrogen and oxygen atoms in total. The lowest BCUT2D eigenvalue weighted by Crippen LogP contribution is -2.24. The van der Waals surface area contributed by atoms with E-state index >= 15 is 0 Å². The first-order valence-corrected chi connectivity index (χ1v) is 8.04. The molecule has 0 bridgehead atoms. The van der Waals surface area contributed by atoms with Crippen molar-refractivity contribution >= 4 is 5.78 Å². The van der Waals surface area contributed by atoms with E-state index in [1.165, 1.54) is 24.0 Å². The van der Waals surface area contributed by atoms with E-state index in [-0.39, 0.29) is 5.92 Å². The number of benzene rings is 1. The topological polar surface area (TPSA) is 17.1 Å². The highest BCUT2D eigenvalue weighted by molar-refractivity contribution is 5.86. The molecule has 0 aliphatic heterocycles. The molecule has 1 aromatic carbocycles. The van der Waals surface area contributed by atoms with Gasteiger partial charge in [0.2, 0.25) is 0 Å². The number of hydrogen-bond donors (Lipinski definition) is 0. The minimum absolute atomic E-state index is 0.200. The van der Waals surface area contributed by atoms with Crippen LogP contribution in [0.1, 0.15) is 63.9 Å². The fraction of sp³-hybridized carbons (Fsp3) is 0.526. The van der Waals surface area contributed by atoms with Crippen molar-refractivity contribution in [3.8, 4) is 0 Å². The van der Waals surface area contributed by atoms with E-state index in [0.29, 0.717) is 18.1 Å². The smallest absolute Gasteiger partial charge is 0.140 e. The predicted molar refractivity (Wildman–Crippen MR) is 84.8 cm³/mol. The zero-order valence-electron chi connectivity index (χ0n) is 12.8. The van der Waals surface area contributed by atoms with Gasteiger partial charge in [-0.3, -0.25) is 4.79 Å². The van der Waals surface area contributed by atoms with Crippen LogP contribution in [0.4, 0.5) is 0 Å². The molecule has 2 unspecified atom stereocenters. The van der Waals surface area contributed by atoms with E-state index in [2.05, 4.69) is 44.2 Å². The maximum Gasteiger partial charge on any atom is 0.140 e. The third-order valence-corrected chi connectivity index (χ3v) is 4.30. The molecular weight excluding hydrogens is 244 g/mol. The van der Waals surface area contributed by atoms with Crippen molar-refractivity contribution in [2.75, 3.05) is 0 Å². The second-order valence-corrected chi connectivity index (χ2v) is 5.87. The van der Waals surface area contributed by atoms with Crippen LogP contribution in [-0.4, -0.2) is 5.78 Å². The van der Waals surface area contributed by atoms with Gasteiger partial charge in [0.1, 0.15) is 5.78 Å². The average molecular weight is 270 g/mol. The Morgan fingerprint density at radius 2 is 1.85 bits per heavy atom. The van der Waals surface area contributed by atoms with Crippen molar-refractivity contribution in [3.63, 3.8) is 0 Å². The van der Waals surface area contributed by atoms with Gasteiger partial charge in [0.05, 0.1) is 0 Å². The van der Waals surface area contributed by atoms with Crippen molar-refractivity contribution in [2.45, 2.75) is 58.3 Å². The lowest BCUT2D eigenvalue weighted by molar-refractivity contribution is -0.122. The lowest BCUT2D eigenvalue weighted by atomic mass is 9.75. The van der Waals surface area contributed by atoms with Crippen LogP contribution >= 0.6 is 0 Å². The van der Waals surface area contributed by atoms with Crippen LogP contribution in [0.3, 0.4) is 0 Å². The molecule has 0 saturated carbocycles. The van der Waals surface area contributed by atoms with Crippen LogP contribution in [0.25, 0.3) is 0 Å². The van der Waals surface area contributed by atoms with Gasteiger partial charge in [0.15, 0.2) is 0 Å². The van der Waals surface area contributed by atoms with E-state index in [0.717, 1.165) is 19.3 Å². The van der Waals surface area contributed by atoms with E-state index in [9.17, 15) is 4.79 Å². The van der Waals surface area contributed by atoms with Crippen LogP contribution in [0, 0.1) is 5.92 Å². The maximum atomic E-state index is 12.5. The van der Waals surface area contributed by atoms with Crippen molar-refractivity contribution in [1.29, 1.82) is 0 Å². The van der Waals surface area contributed by atoms with E-state index in [1.54, 1.807) is 0 Å². The van der Waals surface area contributed by atoms with Crippen LogP contribution < -0.4 is 0 Å². The number of ketones is 1. The molecular formula is C19H26O. The Balaban J connectivity index is 2.23. The Labute approximate surface area is 123 Å². The lowest BCUT2D eigenvalue weighted by Gasteiger charge is -2.28. The van der Waals surface area contributed by atoms with Crippen LogP contribution in [-0.2, 0) is 4.79 Å². The van der Waals surface area contributed by atoms with Gasteiger partial charge in [0, 0.05) is 18.3 Å². The van der Waals surface area contributed by atoms with E-state index in [1.807, 2.05) is 6.07 Å². The molecule has 1 aliphatic carbocycles. The molecule has 0 radical (unpaired) electrons. The molecule has 0 N–H and O–H groups in total. The summed E-state index contributed by atoms with van der Waals surface area (Å²) in [5.74, 6) is 0.949. The number of Topliss-reactive ketones (excluding diaryl/α,β-unsaturated/α-hetero) is 1. The molecule has 0 saturated heterocycles. The molecule has 1 heteroatoms. The highest BCUT2D eigenvalue weighted by Gasteiger charge is 2.29. The SMILES string of the molecule is CCCCC1=CC(c2ccccc2)CC(=O)C1CCC. The number of hydrogen-bond acceptors (Lipinski definition) is 1. The molecule has 0 spiro atoms. The van der Waals surface area contributed by atoms with Crippen LogP contribution in [0.5, 0.6) is 0 Å². The minimum atomic E-state index is 0.200. The summed E-state index contributed by atoms with van der Waals surface area (Å²) in [5, 5.41) is 0. The molecule has 1 aliphatic rings. The third kappa shape index (κ3) is 3.59. The van der Waals surface area contributed by atoms with Gasteiger partial charge in [-0.15, -0.1) is 0 Å². The van der Waals surface area contributed by atoms with Gasteiger partial charge in [0.25, 0.3) is 0 Å². The molecule has 0 aromatic heterocycles. The fourth-order valence-corrected chi connectivity index (χ4v) is 3.19. The average Bonchev–Trinajstić information content (AvgIpc) is 2.48. The highest BCUT2D eigenvalue weighted by atomic mass is 16.1. The van der Waals surface area contributed by atoms with Crippen molar-refractivity contribution in [3.05, 3.63) is 47.5 Å². The zero-order valence-corrected chi connectivity index (χ0v) is 12.8. The predicted octanol–water partition coefficient (Wildman–Crippen LogP) is 5.28. The normalized spacial score (nSPS) is 22.7. The first kappa shape index (κ1) is 15.0. The number of unbranched alkanes of at least 4 members (excludes halogenated alkanes) is 1. The molecule has 1 aromatic rings. The Morgan fingerprint density at radius 1 is 1.10 bits per heavy atom. The second-order valence-electron chi connectivity index (χ2n) is 5.87. The third-order valence-electron chi connectivity index (χ3n) is 4.30. The van der Waals surface area contributed by atoms with Gasteiger partial charge in [-0.05, 0) is 24.8 Å². The summed E-state index contributed by atoms with van der Waals surface area (Å²) in [4.78, 5) is 12.5. The number of rotatable bonds is 6. The number of carbonyl (C=O) groups excluding carboxylic acids is 1. The summed E-state index contributed by atoms with van der Waals surface area (Å²) >= 11 is 0. The highest BCUT2D eigenvalue weighted by Crippen LogP contribution is 2.36. The summed E-state index contributed by atoms with van der Waals surface area (Å²) in [6.07, 6.45) is 8.68. The Morgan fingerprint density at radius 3 is 2.50 bits per heavy atom. The monoisotopic (exact) mass is 270 g/mol. The number of allylic oxidation sites excluding steroid dienone is 2. The first-order chi connectivity index (χ1) is 9.76. The van der Waals surface area contributed by atoms with Gasteiger partial charge in [-0.2, -0.15) is 0 Å². The Hall–Kier alpha value is -1.37. The fourth-order valence-electron chi connectivity index (χ4n) is 3.19. The molecule has 0 heterocycles. The molecule has 20 heavy (non-hydrogen) atoms. The van der Waals surface area contributed by atoms with E-state index in [4.69, 9.17) is 0 Å². The summed E-state index contributed by atoms with van der Waals surface area (Å²) in [6, 6.07) is 10.5. The summed E-state index contributed by atoms with van der Waals surface area (Å²) in [7, 11) is 0. The van der Waals surface area contributed by atoms with Crippen molar-refractivity contribution in [1.82, 2.24) is 0 Å².